The normalized spacial score (nSPS) is 24.5. The number of methoxy groups -OCH3 is 1. The summed E-state index contributed by atoms with van der Waals surface area (Å²) in [4.78, 5) is 24.2. The second-order valence-electron chi connectivity index (χ2n) is 5.93. The minimum absolute atomic E-state index is 0.0240. The molecule has 1 aliphatic heterocycles. The first-order chi connectivity index (χ1) is 10.2. The number of ether oxygens (including phenoxy) is 1. The molecule has 5 nitrogen and oxygen atoms in total. The van der Waals surface area contributed by atoms with Gasteiger partial charge in [0.05, 0.1) is 23.7 Å². The van der Waals surface area contributed by atoms with Gasteiger partial charge in [0.1, 0.15) is 5.66 Å². The molecule has 1 saturated heterocycles. The van der Waals surface area contributed by atoms with E-state index in [-0.39, 0.29) is 17.9 Å². The van der Waals surface area contributed by atoms with Gasteiger partial charge in [0.15, 0.2) is 0 Å². The Bertz CT molecular complexity index is 630. The number of halogens is 1. The number of hydrogen-bond donors (Lipinski definition) is 2. The minimum atomic E-state index is -0.900. The van der Waals surface area contributed by atoms with E-state index in [0.29, 0.717) is 16.1 Å². The van der Waals surface area contributed by atoms with Crippen LogP contribution < -0.4 is 10.6 Å². The number of esters is 1. The summed E-state index contributed by atoms with van der Waals surface area (Å²) < 4.78 is 4.87. The molecule has 2 atom stereocenters. The van der Waals surface area contributed by atoms with E-state index >= 15 is 0 Å². The molecule has 0 aromatic heterocycles. The van der Waals surface area contributed by atoms with Gasteiger partial charge in [0.2, 0.25) is 5.91 Å². The highest BCUT2D eigenvalue weighted by molar-refractivity contribution is 6.32. The van der Waals surface area contributed by atoms with Crippen molar-refractivity contribution in [3.63, 3.8) is 0 Å². The third-order valence-electron chi connectivity index (χ3n) is 4.16. The lowest BCUT2D eigenvalue weighted by atomic mass is 9.84. The van der Waals surface area contributed by atoms with Crippen molar-refractivity contribution in [1.29, 1.82) is 0 Å². The maximum absolute atomic E-state index is 12.2. The number of benzene rings is 1. The first-order valence-corrected chi connectivity index (χ1v) is 7.60. The lowest BCUT2D eigenvalue weighted by Crippen LogP contribution is -2.52. The molecule has 0 radical (unpaired) electrons. The van der Waals surface area contributed by atoms with E-state index in [1.807, 2.05) is 20.8 Å². The Labute approximate surface area is 135 Å². The maximum atomic E-state index is 12.2. The van der Waals surface area contributed by atoms with Crippen molar-refractivity contribution in [2.24, 2.45) is 5.92 Å². The SMILES string of the molecule is COC(=O)c1ccc(C)c(Cl)c1C1(C(C)C)NC(=O)C(C)N1. The van der Waals surface area contributed by atoms with E-state index in [4.69, 9.17) is 16.3 Å². The molecule has 0 saturated carbocycles. The monoisotopic (exact) mass is 324 g/mol. The van der Waals surface area contributed by atoms with Gasteiger partial charge in [-0.05, 0) is 31.4 Å². The summed E-state index contributed by atoms with van der Waals surface area (Å²) in [6.07, 6.45) is 0. The van der Waals surface area contributed by atoms with Crippen LogP contribution in [0, 0.1) is 12.8 Å². The van der Waals surface area contributed by atoms with E-state index in [9.17, 15) is 9.59 Å². The van der Waals surface area contributed by atoms with Crippen molar-refractivity contribution >= 4 is 23.5 Å². The standard InChI is InChI=1S/C16H21ClN2O3/c1-8(2)16(18-10(4)14(20)19-16)12-11(15(21)22-5)7-6-9(3)13(12)17/h6-8,10,18H,1-5H3,(H,19,20). The first-order valence-electron chi connectivity index (χ1n) is 7.22. The van der Waals surface area contributed by atoms with Crippen LogP contribution in [0.15, 0.2) is 12.1 Å². The van der Waals surface area contributed by atoms with Crippen LogP contribution in [-0.4, -0.2) is 25.0 Å². The van der Waals surface area contributed by atoms with Crippen molar-refractivity contribution in [3.05, 3.63) is 33.8 Å². The summed E-state index contributed by atoms with van der Waals surface area (Å²) in [5.74, 6) is -0.626. The molecule has 2 N–H and O–H groups in total. The zero-order chi connectivity index (χ0) is 16.7. The van der Waals surface area contributed by atoms with Crippen molar-refractivity contribution in [2.45, 2.75) is 39.4 Å². The zero-order valence-electron chi connectivity index (χ0n) is 13.4. The van der Waals surface area contributed by atoms with Gasteiger partial charge in [-0.3, -0.25) is 10.1 Å². The smallest absolute Gasteiger partial charge is 0.338 e. The number of aryl methyl sites for hydroxylation is 1. The molecule has 2 unspecified atom stereocenters. The summed E-state index contributed by atoms with van der Waals surface area (Å²) in [7, 11) is 1.32. The molecule has 0 aliphatic carbocycles. The Balaban J connectivity index is 2.75. The van der Waals surface area contributed by atoms with Crippen LogP contribution >= 0.6 is 11.6 Å². The molecule has 1 fully saturated rings. The van der Waals surface area contributed by atoms with Crippen LogP contribution in [0.25, 0.3) is 0 Å². The number of hydrogen-bond acceptors (Lipinski definition) is 4. The largest absolute Gasteiger partial charge is 0.465 e. The van der Waals surface area contributed by atoms with Crippen LogP contribution in [0.4, 0.5) is 0 Å². The second kappa shape index (κ2) is 5.89. The van der Waals surface area contributed by atoms with Gasteiger partial charge in [-0.1, -0.05) is 31.5 Å². The van der Waals surface area contributed by atoms with Crippen molar-refractivity contribution in [2.75, 3.05) is 7.11 Å². The highest BCUT2D eigenvalue weighted by Crippen LogP contribution is 2.39. The zero-order valence-corrected chi connectivity index (χ0v) is 14.2. The Morgan fingerprint density at radius 3 is 2.50 bits per heavy atom. The predicted octanol–water partition coefficient (Wildman–Crippen LogP) is 2.35. The number of rotatable bonds is 3. The Morgan fingerprint density at radius 1 is 1.41 bits per heavy atom. The third kappa shape index (κ3) is 2.48. The van der Waals surface area contributed by atoms with Crippen LogP contribution in [0.1, 0.15) is 42.3 Å². The molecule has 6 heteroatoms. The van der Waals surface area contributed by atoms with Crippen molar-refractivity contribution < 1.29 is 14.3 Å². The van der Waals surface area contributed by atoms with Gasteiger partial charge in [-0.2, -0.15) is 0 Å². The molecule has 22 heavy (non-hydrogen) atoms. The fraction of sp³-hybridized carbons (Fsp3) is 0.500. The van der Waals surface area contributed by atoms with Gasteiger partial charge >= 0.3 is 5.97 Å². The Hall–Kier alpha value is -1.59. The summed E-state index contributed by atoms with van der Waals surface area (Å²) in [6, 6.07) is 3.08. The third-order valence-corrected chi connectivity index (χ3v) is 4.65. The topological polar surface area (TPSA) is 67.4 Å². The molecule has 1 aromatic carbocycles. The Morgan fingerprint density at radius 2 is 2.05 bits per heavy atom. The number of carbonyl (C=O) groups excluding carboxylic acids is 2. The highest BCUT2D eigenvalue weighted by Gasteiger charge is 2.48. The highest BCUT2D eigenvalue weighted by atomic mass is 35.5. The summed E-state index contributed by atoms with van der Waals surface area (Å²) in [5, 5.41) is 6.70. The van der Waals surface area contributed by atoms with Crippen LogP contribution in [0.2, 0.25) is 5.02 Å². The van der Waals surface area contributed by atoms with Crippen molar-refractivity contribution in [3.8, 4) is 0 Å². The molecule has 0 spiro atoms. The first kappa shape index (κ1) is 16.8. The molecule has 1 amide bonds. The number of carbonyl (C=O) groups is 2. The molecular weight excluding hydrogens is 304 g/mol. The fourth-order valence-corrected chi connectivity index (χ4v) is 3.14. The van der Waals surface area contributed by atoms with Crippen molar-refractivity contribution in [1.82, 2.24) is 10.6 Å². The summed E-state index contributed by atoms with van der Waals surface area (Å²) >= 11 is 6.51. The second-order valence-corrected chi connectivity index (χ2v) is 6.31. The lowest BCUT2D eigenvalue weighted by Gasteiger charge is -2.36. The van der Waals surface area contributed by atoms with Gasteiger partial charge in [0.25, 0.3) is 0 Å². The molecule has 1 aromatic rings. The summed E-state index contributed by atoms with van der Waals surface area (Å²) in [6.45, 7) is 7.57. The van der Waals surface area contributed by atoms with Gasteiger partial charge < -0.3 is 10.1 Å². The van der Waals surface area contributed by atoms with E-state index in [2.05, 4.69) is 10.6 Å². The van der Waals surface area contributed by atoms with E-state index in [1.54, 1.807) is 19.1 Å². The van der Waals surface area contributed by atoms with Gasteiger partial charge in [-0.25, -0.2) is 4.79 Å². The molecule has 1 heterocycles. The quantitative estimate of drug-likeness (QED) is 0.838. The summed E-state index contributed by atoms with van der Waals surface area (Å²) in [5.41, 5.74) is 0.853. The molecule has 120 valence electrons. The van der Waals surface area contributed by atoms with E-state index < -0.39 is 11.6 Å². The number of amides is 1. The van der Waals surface area contributed by atoms with E-state index in [0.717, 1.165) is 5.56 Å². The average Bonchev–Trinajstić information content (AvgIpc) is 2.77. The van der Waals surface area contributed by atoms with Crippen LogP contribution in [0.5, 0.6) is 0 Å². The Kier molecular flexibility index (Phi) is 4.49. The average molecular weight is 325 g/mol. The van der Waals surface area contributed by atoms with Crippen LogP contribution in [-0.2, 0) is 15.2 Å². The van der Waals surface area contributed by atoms with Crippen LogP contribution in [0.3, 0.4) is 0 Å². The minimum Gasteiger partial charge on any atom is -0.465 e. The van der Waals surface area contributed by atoms with E-state index in [1.165, 1.54) is 7.11 Å². The molecule has 0 bridgehead atoms. The fourth-order valence-electron chi connectivity index (χ4n) is 2.83. The molecular formula is C16H21ClN2O3. The lowest BCUT2D eigenvalue weighted by molar-refractivity contribution is -0.120. The predicted molar refractivity (Wildman–Crippen MR) is 84.8 cm³/mol. The van der Waals surface area contributed by atoms with Gasteiger partial charge in [0, 0.05) is 5.56 Å². The molecule has 1 aliphatic rings. The number of nitrogens with one attached hydrogen (secondary N) is 2. The van der Waals surface area contributed by atoms with Gasteiger partial charge in [-0.15, -0.1) is 0 Å². The maximum Gasteiger partial charge on any atom is 0.338 e. The molecule has 2 rings (SSSR count).